The minimum absolute atomic E-state index is 0.163. The predicted octanol–water partition coefficient (Wildman–Crippen LogP) is 4.48. The Hall–Kier alpha value is -0.570. The normalized spacial score (nSPS) is 21.9. The van der Waals surface area contributed by atoms with Crippen LogP contribution < -0.4 is 5.32 Å². The van der Waals surface area contributed by atoms with E-state index < -0.39 is 0 Å². The Morgan fingerprint density at radius 2 is 1.75 bits per heavy atom. The Labute approximate surface area is 126 Å². The monoisotopic (exact) mass is 293 g/mol. The van der Waals surface area contributed by atoms with Gasteiger partial charge in [-0.05, 0) is 43.4 Å². The van der Waals surface area contributed by atoms with Crippen LogP contribution in [0, 0.1) is 0 Å². The second-order valence-electron chi connectivity index (χ2n) is 6.12. The van der Waals surface area contributed by atoms with E-state index in [1.165, 1.54) is 50.5 Å². The molecule has 1 atom stereocenters. The van der Waals surface area contributed by atoms with Gasteiger partial charge in [-0.2, -0.15) is 0 Å². The van der Waals surface area contributed by atoms with Crippen LogP contribution in [0.5, 0.6) is 0 Å². The summed E-state index contributed by atoms with van der Waals surface area (Å²) in [5, 5.41) is 4.39. The molecule has 0 saturated heterocycles. The van der Waals surface area contributed by atoms with Crippen molar-refractivity contribution in [2.45, 2.75) is 63.2 Å². The molecule has 3 rings (SSSR count). The summed E-state index contributed by atoms with van der Waals surface area (Å²) in [7, 11) is 0. The van der Waals surface area contributed by atoms with Crippen molar-refractivity contribution in [2.75, 3.05) is 6.54 Å². The summed E-state index contributed by atoms with van der Waals surface area (Å²) < 4.78 is 6.39. The smallest absolute Gasteiger partial charge is 0.0953 e. The topological polar surface area (TPSA) is 21.3 Å². The molecule has 0 aliphatic heterocycles. The van der Waals surface area contributed by atoms with E-state index in [1.54, 1.807) is 0 Å². The van der Waals surface area contributed by atoms with Crippen LogP contribution in [0.2, 0.25) is 5.02 Å². The van der Waals surface area contributed by atoms with E-state index in [0.29, 0.717) is 6.10 Å². The Balaban J connectivity index is 1.63. The van der Waals surface area contributed by atoms with Crippen LogP contribution in [0.4, 0.5) is 0 Å². The van der Waals surface area contributed by atoms with Gasteiger partial charge in [0.25, 0.3) is 0 Å². The highest BCUT2D eigenvalue weighted by Crippen LogP contribution is 2.28. The number of halogens is 1. The van der Waals surface area contributed by atoms with E-state index in [0.717, 1.165) is 17.6 Å². The second kappa shape index (κ2) is 6.93. The van der Waals surface area contributed by atoms with Gasteiger partial charge in [0.1, 0.15) is 0 Å². The van der Waals surface area contributed by atoms with Crippen molar-refractivity contribution in [3.63, 3.8) is 0 Å². The first-order chi connectivity index (χ1) is 9.81. The van der Waals surface area contributed by atoms with Gasteiger partial charge in [-0.25, -0.2) is 0 Å². The van der Waals surface area contributed by atoms with E-state index in [2.05, 4.69) is 17.4 Å². The lowest BCUT2D eigenvalue weighted by Gasteiger charge is -2.28. The fourth-order valence-electron chi connectivity index (χ4n) is 2.92. The third kappa shape index (κ3) is 4.21. The van der Waals surface area contributed by atoms with Crippen molar-refractivity contribution in [3.05, 3.63) is 34.9 Å². The number of benzene rings is 1. The molecule has 0 bridgehead atoms. The average Bonchev–Trinajstić information content (AvgIpc) is 3.30. The Bertz CT molecular complexity index is 410. The molecule has 2 saturated carbocycles. The predicted molar refractivity (Wildman–Crippen MR) is 83.2 cm³/mol. The maximum absolute atomic E-state index is 6.39. The van der Waals surface area contributed by atoms with Crippen LogP contribution in [-0.2, 0) is 4.74 Å². The zero-order valence-electron chi connectivity index (χ0n) is 12.0. The highest BCUT2D eigenvalue weighted by Gasteiger charge is 2.25. The lowest BCUT2D eigenvalue weighted by molar-refractivity contribution is -0.0307. The van der Waals surface area contributed by atoms with E-state index in [-0.39, 0.29) is 6.10 Å². The second-order valence-corrected chi connectivity index (χ2v) is 6.56. The molecule has 1 aromatic carbocycles. The van der Waals surface area contributed by atoms with Crippen molar-refractivity contribution in [3.8, 4) is 0 Å². The molecule has 0 spiro atoms. The molecule has 1 N–H and O–H groups in total. The summed E-state index contributed by atoms with van der Waals surface area (Å²) in [6.07, 6.45) is 9.66. The van der Waals surface area contributed by atoms with Gasteiger partial charge >= 0.3 is 0 Å². The van der Waals surface area contributed by atoms with Crippen molar-refractivity contribution >= 4 is 11.6 Å². The van der Waals surface area contributed by atoms with Gasteiger partial charge in [0.2, 0.25) is 0 Å². The number of ether oxygens (including phenoxy) is 1. The van der Waals surface area contributed by atoms with E-state index in [1.807, 2.05) is 12.1 Å². The molecular weight excluding hydrogens is 270 g/mol. The summed E-state index contributed by atoms with van der Waals surface area (Å²) in [5.74, 6) is 0. The quantitative estimate of drug-likeness (QED) is 0.835. The van der Waals surface area contributed by atoms with Crippen molar-refractivity contribution in [2.24, 2.45) is 0 Å². The highest BCUT2D eigenvalue weighted by molar-refractivity contribution is 6.30. The van der Waals surface area contributed by atoms with Crippen LogP contribution in [0.15, 0.2) is 24.3 Å². The molecule has 1 aromatic rings. The first kappa shape index (κ1) is 14.4. The van der Waals surface area contributed by atoms with Gasteiger partial charge in [-0.3, -0.25) is 0 Å². The van der Waals surface area contributed by atoms with Crippen molar-refractivity contribution in [1.29, 1.82) is 0 Å². The van der Waals surface area contributed by atoms with Crippen LogP contribution in [0.3, 0.4) is 0 Å². The Kier molecular flexibility index (Phi) is 4.98. The van der Waals surface area contributed by atoms with Crippen LogP contribution >= 0.6 is 11.6 Å². The van der Waals surface area contributed by atoms with Gasteiger partial charge in [-0.15, -0.1) is 0 Å². The molecule has 0 heterocycles. The summed E-state index contributed by atoms with van der Waals surface area (Å²) in [4.78, 5) is 0. The molecule has 2 fully saturated rings. The molecule has 2 aliphatic carbocycles. The highest BCUT2D eigenvalue weighted by atomic mass is 35.5. The zero-order valence-corrected chi connectivity index (χ0v) is 12.7. The molecule has 1 unspecified atom stereocenters. The Morgan fingerprint density at radius 3 is 2.40 bits per heavy atom. The van der Waals surface area contributed by atoms with Gasteiger partial charge in [0.05, 0.1) is 12.2 Å². The van der Waals surface area contributed by atoms with E-state index in [9.17, 15) is 0 Å². The molecule has 2 nitrogen and oxygen atoms in total. The maximum atomic E-state index is 6.39. The molecule has 0 amide bonds. The molecule has 0 aromatic heterocycles. The molecular formula is C17H24ClNO. The number of rotatable bonds is 6. The van der Waals surface area contributed by atoms with Crippen LogP contribution in [-0.4, -0.2) is 18.7 Å². The standard InChI is InChI=1S/C17H24ClNO/c18-14-8-6-13(7-9-14)17(12-19-15-10-11-15)20-16-4-2-1-3-5-16/h6-9,15-17,19H,1-5,10-12H2. The molecule has 20 heavy (non-hydrogen) atoms. The van der Waals surface area contributed by atoms with Crippen LogP contribution in [0.1, 0.15) is 56.6 Å². The molecule has 2 aliphatic rings. The minimum Gasteiger partial charge on any atom is -0.369 e. The largest absolute Gasteiger partial charge is 0.369 e. The average molecular weight is 294 g/mol. The van der Waals surface area contributed by atoms with Crippen molar-refractivity contribution in [1.82, 2.24) is 5.32 Å². The lowest BCUT2D eigenvalue weighted by atomic mass is 9.97. The number of hydrogen-bond acceptors (Lipinski definition) is 2. The number of hydrogen-bond donors (Lipinski definition) is 1. The SMILES string of the molecule is Clc1ccc(C(CNC2CC2)OC2CCCCC2)cc1. The third-order valence-corrected chi connectivity index (χ3v) is 4.57. The number of nitrogens with one attached hydrogen (secondary N) is 1. The summed E-state index contributed by atoms with van der Waals surface area (Å²) in [5.41, 5.74) is 1.24. The fourth-order valence-corrected chi connectivity index (χ4v) is 3.04. The Morgan fingerprint density at radius 1 is 1.05 bits per heavy atom. The summed E-state index contributed by atoms with van der Waals surface area (Å²) >= 11 is 5.99. The zero-order chi connectivity index (χ0) is 13.8. The van der Waals surface area contributed by atoms with Gasteiger partial charge in [0, 0.05) is 17.6 Å². The molecule has 0 radical (unpaired) electrons. The minimum atomic E-state index is 0.163. The van der Waals surface area contributed by atoms with Gasteiger partial charge in [0.15, 0.2) is 0 Å². The van der Waals surface area contributed by atoms with Crippen molar-refractivity contribution < 1.29 is 4.74 Å². The summed E-state index contributed by atoms with van der Waals surface area (Å²) in [6.45, 7) is 0.919. The lowest BCUT2D eigenvalue weighted by Crippen LogP contribution is -2.29. The molecule has 3 heteroatoms. The first-order valence-corrected chi connectivity index (χ1v) is 8.33. The van der Waals surface area contributed by atoms with E-state index in [4.69, 9.17) is 16.3 Å². The first-order valence-electron chi connectivity index (χ1n) is 7.95. The van der Waals surface area contributed by atoms with Gasteiger partial charge < -0.3 is 10.1 Å². The van der Waals surface area contributed by atoms with Gasteiger partial charge in [-0.1, -0.05) is 43.0 Å². The fraction of sp³-hybridized carbons (Fsp3) is 0.647. The van der Waals surface area contributed by atoms with E-state index >= 15 is 0 Å². The maximum Gasteiger partial charge on any atom is 0.0953 e. The van der Waals surface area contributed by atoms with Crippen LogP contribution in [0.25, 0.3) is 0 Å². The molecule has 110 valence electrons. The summed E-state index contributed by atoms with van der Waals surface area (Å²) in [6, 6.07) is 8.85. The third-order valence-electron chi connectivity index (χ3n) is 4.32.